The Morgan fingerprint density at radius 3 is 2.04 bits per heavy atom. The van der Waals surface area contributed by atoms with Crippen LogP contribution in [0.5, 0.6) is 0 Å². The molecule has 141 valence electrons. The van der Waals surface area contributed by atoms with Crippen LogP contribution in [-0.4, -0.2) is 29.7 Å². The fourth-order valence-electron chi connectivity index (χ4n) is 2.55. The lowest BCUT2D eigenvalue weighted by atomic mass is 10.0. The van der Waals surface area contributed by atoms with E-state index in [2.05, 4.69) is 10.5 Å². The molecule has 3 radical (unpaired) electrons. The van der Waals surface area contributed by atoms with Gasteiger partial charge in [0.15, 0.2) is 23.3 Å². The molecule has 0 heterocycles. The van der Waals surface area contributed by atoms with Crippen LogP contribution >= 0.6 is 0 Å². The third-order valence-corrected chi connectivity index (χ3v) is 4.05. The molecule has 0 N–H and O–H groups in total. The first-order valence-corrected chi connectivity index (χ1v) is 8.76. The van der Waals surface area contributed by atoms with E-state index in [1.165, 1.54) is 0 Å². The first-order valence-electron chi connectivity index (χ1n) is 8.35. The zero-order valence-corrected chi connectivity index (χ0v) is 15.5. The molecule has 0 saturated carbocycles. The summed E-state index contributed by atoms with van der Waals surface area (Å²) in [6.07, 6.45) is 3.34. The highest BCUT2D eigenvalue weighted by molar-refractivity contribution is 5.98. The lowest BCUT2D eigenvalue weighted by Crippen LogP contribution is -2.38. The van der Waals surface area contributed by atoms with E-state index in [1.54, 1.807) is 0 Å². The van der Waals surface area contributed by atoms with Crippen molar-refractivity contribution in [3.05, 3.63) is 34.9 Å². The van der Waals surface area contributed by atoms with Crippen molar-refractivity contribution in [2.45, 2.75) is 58.3 Å². The zero-order valence-electron chi connectivity index (χ0n) is 14.5. The number of aryl methyl sites for hydroxylation is 1. The minimum absolute atomic E-state index is 0.136. The number of rotatable bonds is 12. The maximum absolute atomic E-state index is 13.6. The second-order valence-electron chi connectivity index (χ2n) is 5.52. The van der Waals surface area contributed by atoms with E-state index in [1.807, 2.05) is 13.8 Å². The highest BCUT2D eigenvalue weighted by atomic mass is 28.2. The first-order chi connectivity index (χ1) is 11.9. The monoisotopic (exact) mass is 379 g/mol. The fourth-order valence-corrected chi connectivity index (χ4v) is 2.77. The number of benzene rings is 1. The standard InChI is InChI=1S/C17H23F4O3Si/c1-3-22-17(24-25,23-4-2)10-8-6-5-7-9-12-11-13(18)15(20)16(21)14(12)19/h11H,3-10H2,1-2H3. The molecule has 0 aliphatic heterocycles. The first kappa shape index (κ1) is 22.1. The Morgan fingerprint density at radius 1 is 0.880 bits per heavy atom. The number of ether oxygens (including phenoxy) is 2. The van der Waals surface area contributed by atoms with Gasteiger partial charge in [-0.3, -0.25) is 0 Å². The maximum atomic E-state index is 13.6. The third-order valence-electron chi connectivity index (χ3n) is 3.74. The molecule has 0 saturated heterocycles. The van der Waals surface area contributed by atoms with E-state index in [0.717, 1.165) is 12.8 Å². The summed E-state index contributed by atoms with van der Waals surface area (Å²) in [7, 11) is 2.97. The van der Waals surface area contributed by atoms with Crippen LogP contribution in [0.15, 0.2) is 6.07 Å². The van der Waals surface area contributed by atoms with Crippen molar-refractivity contribution in [2.75, 3.05) is 13.2 Å². The molecule has 0 aliphatic rings. The lowest BCUT2D eigenvalue weighted by molar-refractivity contribution is -0.344. The van der Waals surface area contributed by atoms with Crippen molar-refractivity contribution in [3.63, 3.8) is 0 Å². The predicted octanol–water partition coefficient (Wildman–Crippen LogP) is 4.56. The van der Waals surface area contributed by atoms with E-state index >= 15 is 0 Å². The molecule has 0 aromatic heterocycles. The maximum Gasteiger partial charge on any atom is 0.272 e. The molecule has 0 atom stereocenters. The summed E-state index contributed by atoms with van der Waals surface area (Å²) in [6, 6.07) is 0.710. The van der Waals surface area contributed by atoms with Crippen LogP contribution in [0.1, 0.15) is 51.5 Å². The Hall–Kier alpha value is -0.963. The van der Waals surface area contributed by atoms with Crippen molar-refractivity contribution in [1.82, 2.24) is 0 Å². The molecule has 0 bridgehead atoms. The molecule has 0 amide bonds. The second kappa shape index (κ2) is 10.9. The average molecular weight is 379 g/mol. The lowest BCUT2D eigenvalue weighted by Gasteiger charge is -2.31. The Bertz CT molecular complexity index is 537. The van der Waals surface area contributed by atoms with Crippen LogP contribution < -0.4 is 0 Å². The van der Waals surface area contributed by atoms with Gasteiger partial charge in [0.05, 0.1) is 0 Å². The minimum Gasteiger partial charge on any atom is -0.371 e. The van der Waals surface area contributed by atoms with Gasteiger partial charge in [0.2, 0.25) is 0 Å². The van der Waals surface area contributed by atoms with Crippen LogP contribution in [0.3, 0.4) is 0 Å². The van der Waals surface area contributed by atoms with Crippen LogP contribution in [0.4, 0.5) is 17.6 Å². The van der Waals surface area contributed by atoms with Crippen LogP contribution in [0, 0.1) is 23.3 Å². The predicted molar refractivity (Wildman–Crippen MR) is 85.9 cm³/mol. The Balaban J connectivity index is 2.41. The Labute approximate surface area is 149 Å². The molecule has 8 heteroatoms. The highest BCUT2D eigenvalue weighted by Gasteiger charge is 2.30. The minimum atomic E-state index is -1.78. The molecular weight excluding hydrogens is 356 g/mol. The van der Waals surface area contributed by atoms with E-state index < -0.39 is 29.2 Å². The van der Waals surface area contributed by atoms with Gasteiger partial charge in [0, 0.05) is 19.6 Å². The normalized spacial score (nSPS) is 12.0. The summed E-state index contributed by atoms with van der Waals surface area (Å²) < 4.78 is 68.9. The number of halogens is 4. The van der Waals surface area contributed by atoms with E-state index in [-0.39, 0.29) is 12.0 Å². The third kappa shape index (κ3) is 6.36. The van der Waals surface area contributed by atoms with Gasteiger partial charge in [-0.05, 0) is 44.7 Å². The molecule has 1 rings (SSSR count). The SMILES string of the molecule is CCOC(CCCCCCc1cc(F)c(F)c(F)c1F)(O[Si])OCC. The van der Waals surface area contributed by atoms with Crippen molar-refractivity contribution >= 4 is 10.5 Å². The number of unbranched alkanes of at least 4 members (excludes halogenated alkanes) is 3. The molecule has 0 unspecified atom stereocenters. The van der Waals surface area contributed by atoms with Crippen molar-refractivity contribution < 1.29 is 31.5 Å². The van der Waals surface area contributed by atoms with E-state index in [4.69, 9.17) is 13.9 Å². The van der Waals surface area contributed by atoms with Gasteiger partial charge in [-0.2, -0.15) is 0 Å². The summed E-state index contributed by atoms with van der Waals surface area (Å²) >= 11 is 0. The van der Waals surface area contributed by atoms with Gasteiger partial charge >= 0.3 is 0 Å². The Morgan fingerprint density at radius 2 is 1.48 bits per heavy atom. The van der Waals surface area contributed by atoms with E-state index in [0.29, 0.717) is 38.5 Å². The largest absolute Gasteiger partial charge is 0.371 e. The van der Waals surface area contributed by atoms with E-state index in [9.17, 15) is 17.6 Å². The van der Waals surface area contributed by atoms with Gasteiger partial charge in [-0.25, -0.2) is 17.6 Å². The summed E-state index contributed by atoms with van der Waals surface area (Å²) in [4.78, 5) is 0. The number of hydrogen-bond acceptors (Lipinski definition) is 3. The Kier molecular flexibility index (Phi) is 9.63. The molecular formula is C17H23F4O3Si. The van der Waals surface area contributed by atoms with Crippen molar-refractivity contribution in [2.24, 2.45) is 0 Å². The summed E-state index contributed by atoms with van der Waals surface area (Å²) in [5, 5.41) is 0. The topological polar surface area (TPSA) is 27.7 Å². The quantitative estimate of drug-likeness (QED) is 0.133. The second-order valence-corrected chi connectivity index (χ2v) is 5.73. The van der Waals surface area contributed by atoms with Gasteiger partial charge in [-0.15, -0.1) is 0 Å². The van der Waals surface area contributed by atoms with Crippen molar-refractivity contribution in [3.8, 4) is 0 Å². The molecule has 1 aromatic rings. The van der Waals surface area contributed by atoms with Crippen LogP contribution in [-0.2, 0) is 20.3 Å². The molecule has 0 spiro atoms. The molecule has 25 heavy (non-hydrogen) atoms. The molecule has 3 nitrogen and oxygen atoms in total. The van der Waals surface area contributed by atoms with Crippen molar-refractivity contribution in [1.29, 1.82) is 0 Å². The average Bonchev–Trinajstić information content (AvgIpc) is 2.60. The van der Waals surface area contributed by atoms with Gasteiger partial charge in [0.1, 0.15) is 0 Å². The van der Waals surface area contributed by atoms with Gasteiger partial charge in [0.25, 0.3) is 16.5 Å². The molecule has 0 fully saturated rings. The zero-order chi connectivity index (χ0) is 18.9. The van der Waals surface area contributed by atoms with Crippen LogP contribution in [0.25, 0.3) is 0 Å². The number of hydrogen-bond donors (Lipinski definition) is 0. The molecule has 0 aliphatic carbocycles. The molecule has 1 aromatic carbocycles. The summed E-state index contributed by atoms with van der Waals surface area (Å²) in [6.45, 7) is 4.50. The van der Waals surface area contributed by atoms with Crippen LogP contribution in [0.2, 0.25) is 0 Å². The smallest absolute Gasteiger partial charge is 0.272 e. The fraction of sp³-hybridized carbons (Fsp3) is 0.647. The summed E-state index contributed by atoms with van der Waals surface area (Å²) in [5.74, 6) is -7.38. The van der Waals surface area contributed by atoms with Gasteiger partial charge in [-0.1, -0.05) is 12.8 Å². The highest BCUT2D eigenvalue weighted by Crippen LogP contribution is 2.24. The summed E-state index contributed by atoms with van der Waals surface area (Å²) in [5.41, 5.74) is -0.155. The van der Waals surface area contributed by atoms with Gasteiger partial charge < -0.3 is 13.9 Å².